The molecule has 100 valence electrons. The van der Waals surface area contributed by atoms with Crippen molar-refractivity contribution in [3.8, 4) is 0 Å². The molecule has 0 heterocycles. The quantitative estimate of drug-likeness (QED) is 0.759. The summed E-state index contributed by atoms with van der Waals surface area (Å²) in [6.45, 7) is 11.3. The first-order valence-electron chi connectivity index (χ1n) is 5.81. The molecule has 0 aliphatic heterocycles. The summed E-state index contributed by atoms with van der Waals surface area (Å²) in [5, 5.41) is 11.9. The normalized spacial score (nSPS) is 12.4. The van der Waals surface area contributed by atoms with E-state index in [1.165, 1.54) is 4.90 Å². The fourth-order valence-corrected chi connectivity index (χ4v) is 1.60. The fourth-order valence-electron chi connectivity index (χ4n) is 1.60. The molecule has 0 aliphatic rings. The molecule has 0 aromatic rings. The third-order valence-electron chi connectivity index (χ3n) is 2.50. The van der Waals surface area contributed by atoms with E-state index in [1.807, 2.05) is 27.7 Å². The second-order valence-electron chi connectivity index (χ2n) is 5.61. The van der Waals surface area contributed by atoms with Gasteiger partial charge in [-0.15, -0.1) is 0 Å². The van der Waals surface area contributed by atoms with Crippen LogP contribution in [0, 0.1) is 0 Å². The van der Waals surface area contributed by atoms with Gasteiger partial charge in [0.25, 0.3) is 0 Å². The Hall–Kier alpha value is -1.10. The highest BCUT2D eigenvalue weighted by Crippen LogP contribution is 2.18. The Morgan fingerprint density at radius 1 is 1.18 bits per heavy atom. The Kier molecular flexibility index (Phi) is 5.13. The first-order valence-corrected chi connectivity index (χ1v) is 5.81. The van der Waals surface area contributed by atoms with Crippen LogP contribution in [0.2, 0.25) is 0 Å². The van der Waals surface area contributed by atoms with E-state index in [0.29, 0.717) is 6.54 Å². The number of carbonyl (C=O) groups is 2. The van der Waals surface area contributed by atoms with Gasteiger partial charge in [-0.2, -0.15) is 0 Å². The minimum absolute atomic E-state index is 0.200. The molecule has 0 radical (unpaired) electrons. The van der Waals surface area contributed by atoms with E-state index in [9.17, 15) is 9.59 Å². The van der Waals surface area contributed by atoms with Crippen molar-refractivity contribution in [2.75, 3.05) is 13.1 Å². The molecule has 1 amide bonds. The average molecular weight is 244 g/mol. The molecule has 0 aromatic carbocycles. The zero-order valence-corrected chi connectivity index (χ0v) is 11.6. The van der Waals surface area contributed by atoms with Crippen LogP contribution < -0.4 is 5.32 Å². The summed E-state index contributed by atoms with van der Waals surface area (Å²) >= 11 is 0. The van der Waals surface area contributed by atoms with Crippen molar-refractivity contribution < 1.29 is 14.7 Å². The first-order chi connectivity index (χ1) is 7.52. The van der Waals surface area contributed by atoms with Crippen LogP contribution in [0.5, 0.6) is 0 Å². The number of carbonyl (C=O) groups excluding carboxylic acids is 1. The maximum absolute atomic E-state index is 12.3. The number of hydrogen-bond acceptors (Lipinski definition) is 3. The van der Waals surface area contributed by atoms with Gasteiger partial charge in [-0.1, -0.05) is 6.92 Å². The molecule has 5 heteroatoms. The standard InChI is InChI=1S/C12H24N2O3/c1-7-13-12(5,6)10(17)14(8-9(15)16)11(2,3)4/h13H,7-8H2,1-6H3,(H,15,16). The van der Waals surface area contributed by atoms with Crippen molar-refractivity contribution in [2.24, 2.45) is 0 Å². The third kappa shape index (κ3) is 4.73. The molecule has 17 heavy (non-hydrogen) atoms. The number of amides is 1. The summed E-state index contributed by atoms with van der Waals surface area (Å²) < 4.78 is 0. The van der Waals surface area contributed by atoms with E-state index in [-0.39, 0.29) is 12.5 Å². The summed E-state index contributed by atoms with van der Waals surface area (Å²) in [4.78, 5) is 24.6. The van der Waals surface area contributed by atoms with Crippen molar-refractivity contribution in [3.05, 3.63) is 0 Å². The molecular formula is C12H24N2O3. The molecule has 0 spiro atoms. The van der Waals surface area contributed by atoms with Gasteiger partial charge < -0.3 is 15.3 Å². The first kappa shape index (κ1) is 15.9. The highest BCUT2D eigenvalue weighted by Gasteiger charge is 2.37. The van der Waals surface area contributed by atoms with Gasteiger partial charge in [0.05, 0.1) is 5.54 Å². The van der Waals surface area contributed by atoms with Gasteiger partial charge in [0.2, 0.25) is 5.91 Å². The molecule has 0 bridgehead atoms. The molecule has 0 aliphatic carbocycles. The largest absolute Gasteiger partial charge is 0.480 e. The fraction of sp³-hybridized carbons (Fsp3) is 0.833. The van der Waals surface area contributed by atoms with Gasteiger partial charge in [-0.3, -0.25) is 9.59 Å². The van der Waals surface area contributed by atoms with Crippen molar-refractivity contribution in [3.63, 3.8) is 0 Å². The molecule has 0 fully saturated rings. The number of carboxylic acid groups (broad SMARTS) is 1. The van der Waals surface area contributed by atoms with Crippen molar-refractivity contribution in [1.82, 2.24) is 10.2 Å². The SMILES string of the molecule is CCNC(C)(C)C(=O)N(CC(=O)O)C(C)(C)C. The van der Waals surface area contributed by atoms with Gasteiger partial charge >= 0.3 is 5.97 Å². The number of nitrogens with zero attached hydrogens (tertiary/aromatic N) is 1. The Morgan fingerprint density at radius 2 is 1.65 bits per heavy atom. The smallest absolute Gasteiger partial charge is 0.323 e. The van der Waals surface area contributed by atoms with Crippen molar-refractivity contribution in [2.45, 2.75) is 52.6 Å². The van der Waals surface area contributed by atoms with Crippen LogP contribution in [0.3, 0.4) is 0 Å². The number of aliphatic carboxylic acids is 1. The van der Waals surface area contributed by atoms with E-state index < -0.39 is 17.0 Å². The van der Waals surface area contributed by atoms with Crippen LogP contribution in [0.4, 0.5) is 0 Å². The number of carboxylic acids is 1. The maximum Gasteiger partial charge on any atom is 0.323 e. The van der Waals surface area contributed by atoms with Crippen LogP contribution >= 0.6 is 0 Å². The van der Waals surface area contributed by atoms with Crippen molar-refractivity contribution >= 4 is 11.9 Å². The highest BCUT2D eigenvalue weighted by atomic mass is 16.4. The van der Waals surface area contributed by atoms with Gasteiger partial charge in [-0.05, 0) is 41.2 Å². The Morgan fingerprint density at radius 3 is 1.94 bits per heavy atom. The molecular weight excluding hydrogens is 220 g/mol. The maximum atomic E-state index is 12.3. The van der Waals surface area contributed by atoms with Crippen LogP contribution in [0.1, 0.15) is 41.5 Å². The summed E-state index contributed by atoms with van der Waals surface area (Å²) in [5.74, 6) is -1.20. The predicted molar refractivity (Wildman–Crippen MR) is 66.9 cm³/mol. The molecule has 0 atom stereocenters. The number of hydrogen-bond donors (Lipinski definition) is 2. The Balaban J connectivity index is 5.06. The second-order valence-corrected chi connectivity index (χ2v) is 5.61. The van der Waals surface area contributed by atoms with E-state index in [1.54, 1.807) is 13.8 Å². The number of rotatable bonds is 5. The molecule has 5 nitrogen and oxygen atoms in total. The van der Waals surface area contributed by atoms with Gasteiger partial charge in [0.15, 0.2) is 0 Å². The van der Waals surface area contributed by atoms with Crippen LogP contribution in [0.25, 0.3) is 0 Å². The summed E-state index contributed by atoms with van der Waals surface area (Å²) in [6, 6.07) is 0. The van der Waals surface area contributed by atoms with Crippen LogP contribution in [-0.4, -0.2) is 46.1 Å². The average Bonchev–Trinajstić information content (AvgIpc) is 2.10. The number of likely N-dealkylation sites (N-methyl/N-ethyl adjacent to an activating group) is 1. The Bertz CT molecular complexity index is 293. The molecule has 2 N–H and O–H groups in total. The van der Waals surface area contributed by atoms with Crippen LogP contribution in [0.15, 0.2) is 0 Å². The van der Waals surface area contributed by atoms with Gasteiger partial charge in [0, 0.05) is 5.54 Å². The minimum Gasteiger partial charge on any atom is -0.480 e. The lowest BCUT2D eigenvalue weighted by atomic mass is 9.98. The summed E-state index contributed by atoms with van der Waals surface area (Å²) in [7, 11) is 0. The molecule has 0 unspecified atom stereocenters. The highest BCUT2D eigenvalue weighted by molar-refractivity contribution is 5.88. The topological polar surface area (TPSA) is 69.6 Å². The van der Waals surface area contributed by atoms with E-state index in [2.05, 4.69) is 5.32 Å². The third-order valence-corrected chi connectivity index (χ3v) is 2.50. The van der Waals surface area contributed by atoms with Crippen LogP contribution in [-0.2, 0) is 9.59 Å². The molecule has 0 aromatic heterocycles. The molecule has 0 saturated heterocycles. The van der Waals surface area contributed by atoms with Gasteiger partial charge in [0.1, 0.15) is 6.54 Å². The summed E-state index contributed by atoms with van der Waals surface area (Å²) in [6.07, 6.45) is 0. The lowest BCUT2D eigenvalue weighted by molar-refractivity contribution is -0.151. The van der Waals surface area contributed by atoms with E-state index in [0.717, 1.165) is 0 Å². The lowest BCUT2D eigenvalue weighted by Gasteiger charge is -2.39. The zero-order chi connectivity index (χ0) is 13.9. The van der Waals surface area contributed by atoms with Crippen molar-refractivity contribution in [1.29, 1.82) is 0 Å². The number of nitrogens with one attached hydrogen (secondary N) is 1. The monoisotopic (exact) mass is 244 g/mol. The molecule has 0 saturated carbocycles. The van der Waals surface area contributed by atoms with Gasteiger partial charge in [-0.25, -0.2) is 0 Å². The van der Waals surface area contributed by atoms with E-state index in [4.69, 9.17) is 5.11 Å². The zero-order valence-electron chi connectivity index (χ0n) is 11.6. The Labute approximate surface area is 103 Å². The minimum atomic E-state index is -0.999. The lowest BCUT2D eigenvalue weighted by Crippen LogP contribution is -2.59. The predicted octanol–water partition coefficient (Wildman–Crippen LogP) is 1.09. The second kappa shape index (κ2) is 5.49. The van der Waals surface area contributed by atoms with E-state index >= 15 is 0 Å². The molecule has 0 rings (SSSR count). The summed E-state index contributed by atoms with van der Waals surface area (Å²) in [5.41, 5.74) is -1.26.